The van der Waals surface area contributed by atoms with Gasteiger partial charge in [-0.25, -0.2) is 4.98 Å². The number of pyridine rings is 1. The monoisotopic (exact) mass is 276 g/mol. The van der Waals surface area contributed by atoms with E-state index in [9.17, 15) is 10.1 Å². The molecular formula is C13H16N4O3. The number of nitriles is 1. The summed E-state index contributed by atoms with van der Waals surface area (Å²) in [6, 6.07) is 3.07. The second kappa shape index (κ2) is 6.82. The fraction of sp³-hybridized carbons (Fsp3) is 0.538. The van der Waals surface area contributed by atoms with E-state index in [1.165, 1.54) is 18.7 Å². The standard InChI is InChI=1S/C13H16N4O3/c14-8-10-7-12(17(18)19)13(16-9-10)15-5-4-11-3-1-2-6-20-11/h7,9,11H,1-6H2,(H,15,16). The van der Waals surface area contributed by atoms with Gasteiger partial charge in [-0.3, -0.25) is 10.1 Å². The van der Waals surface area contributed by atoms with Gasteiger partial charge in [0.15, 0.2) is 0 Å². The average Bonchev–Trinajstić information content (AvgIpc) is 2.48. The SMILES string of the molecule is N#Cc1cnc(NCCC2CCCCO2)c([N+](=O)[O-])c1. The molecule has 0 saturated carbocycles. The lowest BCUT2D eigenvalue weighted by atomic mass is 10.1. The van der Waals surface area contributed by atoms with E-state index in [0.29, 0.717) is 6.54 Å². The number of ether oxygens (including phenoxy) is 1. The van der Waals surface area contributed by atoms with Gasteiger partial charge in [0, 0.05) is 25.4 Å². The molecule has 106 valence electrons. The quantitative estimate of drug-likeness (QED) is 0.653. The normalized spacial score (nSPS) is 18.2. The molecule has 0 amide bonds. The van der Waals surface area contributed by atoms with Crippen LogP contribution >= 0.6 is 0 Å². The number of anilines is 1. The first-order valence-corrected chi connectivity index (χ1v) is 6.60. The second-order valence-corrected chi connectivity index (χ2v) is 4.66. The maximum absolute atomic E-state index is 10.9. The van der Waals surface area contributed by atoms with E-state index in [1.807, 2.05) is 6.07 Å². The Morgan fingerprint density at radius 3 is 3.10 bits per heavy atom. The summed E-state index contributed by atoms with van der Waals surface area (Å²) in [6.45, 7) is 1.35. The molecule has 0 bridgehead atoms. The van der Waals surface area contributed by atoms with Crippen LogP contribution in [-0.2, 0) is 4.74 Å². The molecular weight excluding hydrogens is 260 g/mol. The van der Waals surface area contributed by atoms with E-state index in [0.717, 1.165) is 25.9 Å². The van der Waals surface area contributed by atoms with E-state index in [4.69, 9.17) is 10.00 Å². The molecule has 1 atom stereocenters. The zero-order chi connectivity index (χ0) is 14.4. The van der Waals surface area contributed by atoms with Gasteiger partial charge in [0.25, 0.3) is 0 Å². The van der Waals surface area contributed by atoms with Gasteiger partial charge in [0.2, 0.25) is 5.82 Å². The van der Waals surface area contributed by atoms with Crippen molar-refractivity contribution in [3.63, 3.8) is 0 Å². The van der Waals surface area contributed by atoms with Gasteiger partial charge in [-0.1, -0.05) is 0 Å². The van der Waals surface area contributed by atoms with Crippen molar-refractivity contribution in [3.8, 4) is 6.07 Å². The summed E-state index contributed by atoms with van der Waals surface area (Å²) in [5.41, 5.74) is 0.00600. The molecule has 0 radical (unpaired) electrons. The Hall–Kier alpha value is -2.20. The molecule has 1 aromatic heterocycles. The predicted molar refractivity (Wildman–Crippen MR) is 72.3 cm³/mol. The Balaban J connectivity index is 1.94. The van der Waals surface area contributed by atoms with Crippen LogP contribution in [0.2, 0.25) is 0 Å². The zero-order valence-electron chi connectivity index (χ0n) is 11.0. The van der Waals surface area contributed by atoms with Crippen LogP contribution in [0.4, 0.5) is 11.5 Å². The molecule has 1 fully saturated rings. The van der Waals surface area contributed by atoms with Gasteiger partial charge < -0.3 is 10.1 Å². The van der Waals surface area contributed by atoms with Gasteiger partial charge in [-0.2, -0.15) is 5.26 Å². The molecule has 0 spiro atoms. The van der Waals surface area contributed by atoms with Crippen molar-refractivity contribution < 1.29 is 9.66 Å². The number of aromatic nitrogens is 1. The fourth-order valence-electron chi connectivity index (χ4n) is 2.18. The summed E-state index contributed by atoms with van der Waals surface area (Å²) in [6.07, 6.45) is 5.64. The van der Waals surface area contributed by atoms with Gasteiger partial charge in [0.05, 0.1) is 16.6 Å². The maximum atomic E-state index is 10.9. The number of hydrogen-bond donors (Lipinski definition) is 1. The number of nitro groups is 1. The minimum absolute atomic E-state index is 0.173. The van der Waals surface area contributed by atoms with Crippen molar-refractivity contribution in [1.82, 2.24) is 4.98 Å². The maximum Gasteiger partial charge on any atom is 0.312 e. The van der Waals surface area contributed by atoms with E-state index in [1.54, 1.807) is 0 Å². The van der Waals surface area contributed by atoms with Crippen LogP contribution in [0.15, 0.2) is 12.3 Å². The zero-order valence-corrected chi connectivity index (χ0v) is 11.0. The van der Waals surface area contributed by atoms with E-state index < -0.39 is 4.92 Å². The van der Waals surface area contributed by atoms with Crippen LogP contribution in [0.1, 0.15) is 31.2 Å². The summed E-state index contributed by atoms with van der Waals surface area (Å²) in [5, 5.41) is 22.6. The number of nitrogens with zero attached hydrogens (tertiary/aromatic N) is 3. The van der Waals surface area contributed by atoms with Gasteiger partial charge in [-0.15, -0.1) is 0 Å². The number of hydrogen-bond acceptors (Lipinski definition) is 6. The third-order valence-electron chi connectivity index (χ3n) is 3.23. The average molecular weight is 276 g/mol. The van der Waals surface area contributed by atoms with Crippen LogP contribution < -0.4 is 5.32 Å². The molecule has 20 heavy (non-hydrogen) atoms. The Bertz CT molecular complexity index is 521. The highest BCUT2D eigenvalue weighted by atomic mass is 16.6. The van der Waals surface area contributed by atoms with Crippen molar-refractivity contribution in [3.05, 3.63) is 27.9 Å². The van der Waals surface area contributed by atoms with Crippen LogP contribution in [0.25, 0.3) is 0 Å². The molecule has 1 saturated heterocycles. The molecule has 1 aliphatic rings. The second-order valence-electron chi connectivity index (χ2n) is 4.66. The van der Waals surface area contributed by atoms with Gasteiger partial charge in [-0.05, 0) is 25.7 Å². The third-order valence-corrected chi connectivity index (χ3v) is 3.23. The lowest BCUT2D eigenvalue weighted by molar-refractivity contribution is -0.384. The molecule has 2 rings (SSSR count). The third kappa shape index (κ3) is 3.65. The van der Waals surface area contributed by atoms with Crippen LogP contribution in [0.3, 0.4) is 0 Å². The molecule has 7 nitrogen and oxygen atoms in total. The minimum atomic E-state index is -0.534. The highest BCUT2D eigenvalue weighted by molar-refractivity contribution is 5.58. The highest BCUT2D eigenvalue weighted by Gasteiger charge is 2.17. The van der Waals surface area contributed by atoms with Gasteiger partial charge >= 0.3 is 5.69 Å². The summed E-state index contributed by atoms with van der Waals surface area (Å²) in [5.74, 6) is 0.199. The molecule has 2 heterocycles. The fourth-order valence-corrected chi connectivity index (χ4v) is 2.18. The van der Waals surface area contributed by atoms with E-state index in [-0.39, 0.29) is 23.2 Å². The predicted octanol–water partition coefficient (Wildman–Crippen LogP) is 2.23. The lowest BCUT2D eigenvalue weighted by Crippen LogP contribution is -2.22. The first-order valence-electron chi connectivity index (χ1n) is 6.60. The molecule has 1 unspecified atom stereocenters. The van der Waals surface area contributed by atoms with Crippen molar-refractivity contribution in [2.45, 2.75) is 31.8 Å². The summed E-state index contributed by atoms with van der Waals surface area (Å²) in [7, 11) is 0. The van der Waals surface area contributed by atoms with Crippen molar-refractivity contribution in [2.75, 3.05) is 18.5 Å². The van der Waals surface area contributed by atoms with Crippen molar-refractivity contribution >= 4 is 11.5 Å². The molecule has 0 aliphatic carbocycles. The van der Waals surface area contributed by atoms with Crippen molar-refractivity contribution in [2.24, 2.45) is 0 Å². The molecule has 1 aromatic rings. The Morgan fingerprint density at radius 2 is 2.45 bits per heavy atom. The van der Waals surface area contributed by atoms with Gasteiger partial charge in [0.1, 0.15) is 6.07 Å². The smallest absolute Gasteiger partial charge is 0.312 e. The first kappa shape index (κ1) is 14.2. The minimum Gasteiger partial charge on any atom is -0.378 e. The number of nitrogens with one attached hydrogen (secondary N) is 1. The summed E-state index contributed by atoms with van der Waals surface area (Å²) < 4.78 is 5.59. The van der Waals surface area contributed by atoms with Crippen LogP contribution in [-0.4, -0.2) is 29.2 Å². The summed E-state index contributed by atoms with van der Waals surface area (Å²) in [4.78, 5) is 14.3. The molecule has 7 heteroatoms. The number of rotatable bonds is 5. The van der Waals surface area contributed by atoms with Crippen molar-refractivity contribution in [1.29, 1.82) is 5.26 Å². The lowest BCUT2D eigenvalue weighted by Gasteiger charge is -2.22. The van der Waals surface area contributed by atoms with Crippen LogP contribution in [0.5, 0.6) is 0 Å². The molecule has 1 N–H and O–H groups in total. The van der Waals surface area contributed by atoms with E-state index >= 15 is 0 Å². The summed E-state index contributed by atoms with van der Waals surface area (Å²) >= 11 is 0. The highest BCUT2D eigenvalue weighted by Crippen LogP contribution is 2.23. The first-order chi connectivity index (χ1) is 9.70. The van der Waals surface area contributed by atoms with E-state index in [2.05, 4.69) is 10.3 Å². The van der Waals surface area contributed by atoms with Crippen LogP contribution in [0, 0.1) is 21.4 Å². The Labute approximate surface area is 116 Å². The Morgan fingerprint density at radius 1 is 1.60 bits per heavy atom. The molecule has 1 aliphatic heterocycles. The largest absolute Gasteiger partial charge is 0.378 e. The Kier molecular flexibility index (Phi) is 4.85. The topological polar surface area (TPSA) is 101 Å². The molecule has 0 aromatic carbocycles.